The van der Waals surface area contributed by atoms with Crippen LogP contribution in [0.5, 0.6) is 0 Å². The molecule has 0 radical (unpaired) electrons. The minimum Gasteiger partial charge on any atom is -0.442 e. The summed E-state index contributed by atoms with van der Waals surface area (Å²) >= 11 is 3.12. The molecular weight excluding hydrogens is 238 g/mol. The molecule has 0 saturated heterocycles. The van der Waals surface area contributed by atoms with Crippen molar-refractivity contribution in [2.24, 2.45) is 0 Å². The van der Waals surface area contributed by atoms with Gasteiger partial charge >= 0.3 is 5.69 Å². The van der Waals surface area contributed by atoms with Crippen LogP contribution < -0.4 is 0 Å². The van der Waals surface area contributed by atoms with Crippen LogP contribution in [0.3, 0.4) is 0 Å². The summed E-state index contributed by atoms with van der Waals surface area (Å²) in [6.07, 6.45) is 0. The number of benzene rings is 1. The fraction of sp³-hybridized carbons (Fsp3) is 0. The van der Waals surface area contributed by atoms with Crippen molar-refractivity contribution in [3.63, 3.8) is 0 Å². The van der Waals surface area contributed by atoms with Crippen LogP contribution in [-0.2, 0) is 0 Å². The first-order valence-electron chi connectivity index (χ1n) is 3.51. The average Bonchev–Trinajstić information content (AvgIpc) is 2.43. The molecule has 1 aromatic carbocycles. The summed E-state index contributed by atoms with van der Waals surface area (Å²) < 4.78 is 5.63. The quantitative estimate of drug-likeness (QED) is 0.570. The van der Waals surface area contributed by atoms with E-state index in [1.165, 1.54) is 6.07 Å². The normalized spacial score (nSPS) is 10.5. The molecule has 2 aromatic rings. The van der Waals surface area contributed by atoms with E-state index >= 15 is 0 Å². The first-order chi connectivity index (χ1) is 6.18. The van der Waals surface area contributed by atoms with Crippen LogP contribution in [0.4, 0.5) is 5.69 Å². The smallest absolute Gasteiger partial charge is 0.312 e. The maximum atomic E-state index is 10.6. The van der Waals surface area contributed by atoms with Gasteiger partial charge in [0.15, 0.2) is 4.67 Å². The molecule has 66 valence electrons. The topological polar surface area (TPSA) is 56.3 Å². The average molecular weight is 242 g/mol. The third-order valence-corrected chi connectivity index (χ3v) is 2.08. The van der Waals surface area contributed by atoms with Crippen molar-refractivity contribution < 1.29 is 9.34 Å². The van der Waals surface area contributed by atoms with Crippen molar-refractivity contribution in [1.29, 1.82) is 0 Å². The van der Waals surface area contributed by atoms with Gasteiger partial charge in [0, 0.05) is 11.5 Å². The monoisotopic (exact) mass is 241 g/mol. The predicted octanol–water partition coefficient (Wildman–Crippen LogP) is 3.10. The summed E-state index contributed by atoms with van der Waals surface area (Å²) in [7, 11) is 0. The number of nitrogens with zero attached hydrogens (tertiary/aromatic N) is 1. The van der Waals surface area contributed by atoms with Crippen LogP contribution in [0, 0.1) is 10.1 Å². The molecule has 0 atom stereocenters. The molecule has 0 aliphatic rings. The standard InChI is InChI=1S/C8H4BrNO3/c9-7-4-5-2-1-3-6(10(11)12)8(5)13-7/h1-4H. The number of nitro benzene ring substituents is 1. The van der Waals surface area contributed by atoms with Gasteiger partial charge in [-0.2, -0.15) is 0 Å². The van der Waals surface area contributed by atoms with Gasteiger partial charge < -0.3 is 4.42 Å². The van der Waals surface area contributed by atoms with E-state index < -0.39 is 4.92 Å². The van der Waals surface area contributed by atoms with Gasteiger partial charge in [-0.15, -0.1) is 0 Å². The lowest BCUT2D eigenvalue weighted by atomic mass is 10.2. The van der Waals surface area contributed by atoms with Crippen LogP contribution >= 0.6 is 15.9 Å². The first kappa shape index (κ1) is 8.25. The minimum atomic E-state index is -0.460. The molecule has 0 aliphatic carbocycles. The van der Waals surface area contributed by atoms with Crippen LogP contribution in [0.1, 0.15) is 0 Å². The van der Waals surface area contributed by atoms with Crippen LogP contribution in [0.15, 0.2) is 33.4 Å². The van der Waals surface area contributed by atoms with Crippen molar-refractivity contribution in [3.05, 3.63) is 39.0 Å². The molecule has 5 heteroatoms. The zero-order chi connectivity index (χ0) is 9.42. The van der Waals surface area contributed by atoms with E-state index in [4.69, 9.17) is 4.42 Å². The van der Waals surface area contributed by atoms with E-state index in [1.54, 1.807) is 18.2 Å². The summed E-state index contributed by atoms with van der Waals surface area (Å²) in [5, 5.41) is 11.3. The lowest BCUT2D eigenvalue weighted by molar-refractivity contribution is -0.383. The van der Waals surface area contributed by atoms with E-state index in [0.717, 1.165) is 5.39 Å². The number of nitro groups is 1. The second kappa shape index (κ2) is 2.85. The third-order valence-electron chi connectivity index (χ3n) is 1.69. The molecular formula is C8H4BrNO3. The van der Waals surface area contributed by atoms with Crippen LogP contribution in [0.25, 0.3) is 11.0 Å². The van der Waals surface area contributed by atoms with E-state index in [9.17, 15) is 10.1 Å². The Morgan fingerprint density at radius 1 is 1.46 bits per heavy atom. The Labute approximate surface area is 81.4 Å². The Hall–Kier alpha value is -1.36. The predicted molar refractivity (Wildman–Crippen MR) is 50.6 cm³/mol. The number of furan rings is 1. The number of non-ortho nitro benzene ring substituents is 1. The molecule has 4 nitrogen and oxygen atoms in total. The van der Waals surface area contributed by atoms with Gasteiger partial charge in [-0.25, -0.2) is 0 Å². The zero-order valence-electron chi connectivity index (χ0n) is 6.36. The molecule has 0 unspecified atom stereocenters. The highest BCUT2D eigenvalue weighted by Crippen LogP contribution is 2.30. The summed E-state index contributed by atoms with van der Waals surface area (Å²) in [4.78, 5) is 10.1. The first-order valence-corrected chi connectivity index (χ1v) is 4.30. The van der Waals surface area contributed by atoms with Gasteiger partial charge in [0.1, 0.15) is 0 Å². The molecule has 0 saturated carbocycles. The molecule has 0 aliphatic heterocycles. The van der Waals surface area contributed by atoms with E-state index in [2.05, 4.69) is 15.9 Å². The van der Waals surface area contributed by atoms with E-state index in [-0.39, 0.29) is 5.69 Å². The summed E-state index contributed by atoms with van der Waals surface area (Å²) in [6.45, 7) is 0. The van der Waals surface area contributed by atoms with Crippen molar-refractivity contribution >= 4 is 32.6 Å². The number of para-hydroxylation sites is 1. The minimum absolute atomic E-state index is 0.0109. The molecule has 1 heterocycles. The second-order valence-corrected chi connectivity index (χ2v) is 3.28. The highest BCUT2D eigenvalue weighted by molar-refractivity contribution is 9.10. The summed E-state index contributed by atoms with van der Waals surface area (Å²) in [5.41, 5.74) is 0.294. The lowest BCUT2D eigenvalue weighted by Crippen LogP contribution is -1.86. The summed E-state index contributed by atoms with van der Waals surface area (Å²) in [6, 6.07) is 6.50. The number of rotatable bonds is 1. The SMILES string of the molecule is O=[N+]([O-])c1cccc2cc(Br)oc12. The molecule has 0 bridgehead atoms. The molecule has 13 heavy (non-hydrogen) atoms. The Morgan fingerprint density at radius 2 is 2.23 bits per heavy atom. The highest BCUT2D eigenvalue weighted by Gasteiger charge is 2.14. The molecule has 2 rings (SSSR count). The van der Waals surface area contributed by atoms with Gasteiger partial charge in [0.25, 0.3) is 0 Å². The second-order valence-electron chi connectivity index (χ2n) is 2.50. The Balaban J connectivity index is 2.82. The van der Waals surface area contributed by atoms with Gasteiger partial charge in [-0.3, -0.25) is 10.1 Å². The van der Waals surface area contributed by atoms with Gasteiger partial charge in [0.05, 0.1) is 4.92 Å². The van der Waals surface area contributed by atoms with Gasteiger partial charge in [-0.05, 0) is 22.0 Å². The molecule has 0 amide bonds. The van der Waals surface area contributed by atoms with Crippen molar-refractivity contribution in [2.75, 3.05) is 0 Å². The van der Waals surface area contributed by atoms with Gasteiger partial charge in [-0.1, -0.05) is 12.1 Å². The van der Waals surface area contributed by atoms with Crippen molar-refractivity contribution in [1.82, 2.24) is 0 Å². The van der Waals surface area contributed by atoms with Crippen LogP contribution in [-0.4, -0.2) is 4.92 Å². The molecule has 0 N–H and O–H groups in total. The number of fused-ring (bicyclic) bond motifs is 1. The van der Waals surface area contributed by atoms with Crippen molar-refractivity contribution in [2.45, 2.75) is 0 Å². The maximum Gasteiger partial charge on any atom is 0.312 e. The molecule has 0 fully saturated rings. The van der Waals surface area contributed by atoms with Gasteiger partial charge in [0.2, 0.25) is 5.58 Å². The fourth-order valence-electron chi connectivity index (χ4n) is 1.16. The highest BCUT2D eigenvalue weighted by atomic mass is 79.9. The van der Waals surface area contributed by atoms with Crippen LogP contribution in [0.2, 0.25) is 0 Å². The third kappa shape index (κ3) is 1.31. The largest absolute Gasteiger partial charge is 0.442 e. The molecule has 1 aromatic heterocycles. The maximum absolute atomic E-state index is 10.6. The van der Waals surface area contributed by atoms with E-state index in [0.29, 0.717) is 10.3 Å². The Bertz CT molecular complexity index is 477. The van der Waals surface area contributed by atoms with E-state index in [1.807, 2.05) is 0 Å². The lowest BCUT2D eigenvalue weighted by Gasteiger charge is -1.90. The zero-order valence-corrected chi connectivity index (χ0v) is 7.95. The molecule has 0 spiro atoms. The number of hydrogen-bond donors (Lipinski definition) is 0. The van der Waals surface area contributed by atoms with Crippen molar-refractivity contribution in [3.8, 4) is 0 Å². The Kier molecular flexibility index (Phi) is 1.81. The number of halogens is 1. The fourth-order valence-corrected chi connectivity index (χ4v) is 1.57. The summed E-state index contributed by atoms with van der Waals surface area (Å²) in [5.74, 6) is 0. The Morgan fingerprint density at radius 3 is 2.92 bits per heavy atom. The number of hydrogen-bond acceptors (Lipinski definition) is 3.